The smallest absolute Gasteiger partial charge is 0.165 e. The van der Waals surface area contributed by atoms with Crippen LogP contribution in [0, 0.1) is 17.7 Å². The van der Waals surface area contributed by atoms with Crippen molar-refractivity contribution in [1.82, 2.24) is 4.90 Å². The molecule has 0 amide bonds. The highest BCUT2D eigenvalue weighted by Gasteiger charge is 2.25. The van der Waals surface area contributed by atoms with Crippen molar-refractivity contribution in [2.24, 2.45) is 17.6 Å². The highest BCUT2D eigenvalue weighted by atomic mass is 19.1. The first-order chi connectivity index (χ1) is 9.20. The summed E-state index contributed by atoms with van der Waals surface area (Å²) < 4.78 is 19.1. The van der Waals surface area contributed by atoms with Crippen LogP contribution in [0.15, 0.2) is 24.3 Å². The second-order valence-electron chi connectivity index (χ2n) is 5.38. The molecule has 0 aliphatic carbocycles. The molecule has 2 N–H and O–H groups in total. The summed E-state index contributed by atoms with van der Waals surface area (Å²) in [5, 5.41) is 0. The van der Waals surface area contributed by atoms with Crippen LogP contribution in [0.1, 0.15) is 12.8 Å². The quantitative estimate of drug-likeness (QED) is 0.887. The molecule has 0 spiro atoms. The van der Waals surface area contributed by atoms with Gasteiger partial charge in [-0.3, -0.25) is 0 Å². The van der Waals surface area contributed by atoms with Crippen LogP contribution in [0.5, 0.6) is 5.75 Å². The minimum Gasteiger partial charge on any atom is -0.490 e. The zero-order chi connectivity index (χ0) is 13.7. The number of ether oxygens (including phenoxy) is 1. The summed E-state index contributed by atoms with van der Waals surface area (Å²) in [6.45, 7) is 3.33. The van der Waals surface area contributed by atoms with Crippen LogP contribution < -0.4 is 10.5 Å². The lowest BCUT2D eigenvalue weighted by atomic mass is 9.85. The third-order valence-corrected chi connectivity index (χ3v) is 4.02. The minimum atomic E-state index is -0.304. The van der Waals surface area contributed by atoms with Gasteiger partial charge in [-0.2, -0.15) is 0 Å². The van der Waals surface area contributed by atoms with Gasteiger partial charge >= 0.3 is 0 Å². The fourth-order valence-corrected chi connectivity index (χ4v) is 2.66. The zero-order valence-corrected chi connectivity index (χ0v) is 11.5. The van der Waals surface area contributed by atoms with E-state index in [1.54, 1.807) is 18.2 Å². The van der Waals surface area contributed by atoms with Gasteiger partial charge in [0, 0.05) is 5.92 Å². The molecule has 0 bridgehead atoms. The molecule has 3 nitrogen and oxygen atoms in total. The second-order valence-corrected chi connectivity index (χ2v) is 5.38. The van der Waals surface area contributed by atoms with Crippen LogP contribution >= 0.6 is 0 Å². The maximum Gasteiger partial charge on any atom is 0.165 e. The van der Waals surface area contributed by atoms with Gasteiger partial charge in [0.05, 0.1) is 6.61 Å². The van der Waals surface area contributed by atoms with E-state index in [0.717, 1.165) is 25.9 Å². The van der Waals surface area contributed by atoms with Gasteiger partial charge in [0.15, 0.2) is 11.6 Å². The predicted molar refractivity (Wildman–Crippen MR) is 74.7 cm³/mol. The Labute approximate surface area is 114 Å². The number of nitrogens with two attached hydrogens (primary N) is 1. The molecule has 1 aromatic rings. The zero-order valence-electron chi connectivity index (χ0n) is 11.5. The summed E-state index contributed by atoms with van der Waals surface area (Å²) in [6.07, 6.45) is 2.30. The van der Waals surface area contributed by atoms with Gasteiger partial charge in [0.2, 0.25) is 0 Å². The Hall–Kier alpha value is -1.13. The Morgan fingerprint density at radius 3 is 2.68 bits per heavy atom. The van der Waals surface area contributed by atoms with E-state index in [-0.39, 0.29) is 5.82 Å². The fraction of sp³-hybridized carbons (Fsp3) is 0.600. The number of benzene rings is 1. The third kappa shape index (κ3) is 3.91. The molecule has 2 rings (SSSR count). The average Bonchev–Trinajstić information content (AvgIpc) is 2.43. The molecule has 0 saturated carbocycles. The van der Waals surface area contributed by atoms with Gasteiger partial charge in [-0.25, -0.2) is 4.39 Å². The molecule has 19 heavy (non-hydrogen) atoms. The third-order valence-electron chi connectivity index (χ3n) is 4.02. The number of halogens is 1. The first-order valence-corrected chi connectivity index (χ1v) is 6.96. The SMILES string of the molecule is CN1CCC(C(CN)COc2ccccc2F)CC1. The molecular formula is C15H23FN2O. The van der Waals surface area contributed by atoms with Crippen LogP contribution in [0.25, 0.3) is 0 Å². The predicted octanol–water partition coefficient (Wildman–Crippen LogP) is 2.12. The van der Waals surface area contributed by atoms with Crippen molar-refractivity contribution in [3.8, 4) is 5.75 Å². The Balaban J connectivity index is 1.87. The van der Waals surface area contributed by atoms with E-state index in [1.165, 1.54) is 6.07 Å². The van der Waals surface area contributed by atoms with E-state index >= 15 is 0 Å². The minimum absolute atomic E-state index is 0.304. The summed E-state index contributed by atoms with van der Waals surface area (Å²) >= 11 is 0. The number of hydrogen-bond acceptors (Lipinski definition) is 3. The summed E-state index contributed by atoms with van der Waals surface area (Å²) in [5.41, 5.74) is 5.85. The molecule has 0 aromatic heterocycles. The molecule has 1 atom stereocenters. The van der Waals surface area contributed by atoms with Gasteiger partial charge in [-0.15, -0.1) is 0 Å². The lowest BCUT2D eigenvalue weighted by molar-refractivity contribution is 0.130. The molecule has 1 aliphatic rings. The lowest BCUT2D eigenvalue weighted by Gasteiger charge is -2.33. The largest absolute Gasteiger partial charge is 0.490 e. The number of hydrogen-bond donors (Lipinski definition) is 1. The Bertz CT molecular complexity index is 391. The van der Waals surface area contributed by atoms with Crippen molar-refractivity contribution in [2.75, 3.05) is 33.3 Å². The number of rotatable bonds is 5. The molecule has 1 fully saturated rings. The van der Waals surface area contributed by atoms with Crippen LogP contribution in [0.2, 0.25) is 0 Å². The normalized spacial score (nSPS) is 19.3. The maximum atomic E-state index is 13.5. The molecule has 0 radical (unpaired) electrons. The van der Waals surface area contributed by atoms with E-state index in [1.807, 2.05) is 0 Å². The van der Waals surface area contributed by atoms with Crippen molar-refractivity contribution in [1.29, 1.82) is 0 Å². The number of piperidine rings is 1. The number of nitrogens with zero attached hydrogens (tertiary/aromatic N) is 1. The summed E-state index contributed by atoms with van der Waals surface area (Å²) in [4.78, 5) is 2.34. The van der Waals surface area contributed by atoms with Crippen molar-refractivity contribution in [3.63, 3.8) is 0 Å². The monoisotopic (exact) mass is 266 g/mol. The Kier molecular flexibility index (Phi) is 5.16. The molecule has 1 aliphatic heterocycles. The summed E-state index contributed by atoms with van der Waals surface area (Å²) in [5.74, 6) is 0.928. The van der Waals surface area contributed by atoms with E-state index < -0.39 is 0 Å². The second kappa shape index (κ2) is 6.87. The first kappa shape index (κ1) is 14.3. The van der Waals surface area contributed by atoms with E-state index in [2.05, 4.69) is 11.9 Å². The van der Waals surface area contributed by atoms with Gasteiger partial charge in [-0.1, -0.05) is 12.1 Å². The number of likely N-dealkylation sites (tertiary alicyclic amines) is 1. The molecule has 106 valence electrons. The average molecular weight is 266 g/mol. The maximum absolute atomic E-state index is 13.5. The van der Waals surface area contributed by atoms with Gasteiger partial charge in [0.25, 0.3) is 0 Å². The van der Waals surface area contributed by atoms with E-state index in [9.17, 15) is 4.39 Å². The molecule has 1 heterocycles. The van der Waals surface area contributed by atoms with E-state index in [0.29, 0.717) is 30.7 Å². The van der Waals surface area contributed by atoms with Crippen LogP contribution in [0.3, 0.4) is 0 Å². The molecule has 1 unspecified atom stereocenters. The van der Waals surface area contributed by atoms with Crippen molar-refractivity contribution in [2.45, 2.75) is 12.8 Å². The van der Waals surface area contributed by atoms with Crippen molar-refractivity contribution in [3.05, 3.63) is 30.1 Å². The Morgan fingerprint density at radius 1 is 1.37 bits per heavy atom. The summed E-state index contributed by atoms with van der Waals surface area (Å²) in [7, 11) is 2.14. The standard InChI is InChI=1S/C15H23FN2O/c1-18-8-6-12(7-9-18)13(10-17)11-19-15-5-3-2-4-14(15)16/h2-5,12-13H,6-11,17H2,1H3. The van der Waals surface area contributed by atoms with Crippen LogP contribution in [-0.2, 0) is 0 Å². The molecule has 4 heteroatoms. The highest BCUT2D eigenvalue weighted by molar-refractivity contribution is 5.23. The molecule has 1 saturated heterocycles. The van der Waals surface area contributed by atoms with Gasteiger partial charge < -0.3 is 15.4 Å². The highest BCUT2D eigenvalue weighted by Crippen LogP contribution is 2.25. The van der Waals surface area contributed by atoms with Gasteiger partial charge in [0.1, 0.15) is 0 Å². The topological polar surface area (TPSA) is 38.5 Å². The van der Waals surface area contributed by atoms with Crippen molar-refractivity contribution >= 4 is 0 Å². The Morgan fingerprint density at radius 2 is 2.05 bits per heavy atom. The molecule has 1 aromatic carbocycles. The lowest BCUT2D eigenvalue weighted by Crippen LogP contribution is -2.38. The van der Waals surface area contributed by atoms with Crippen molar-refractivity contribution < 1.29 is 9.13 Å². The van der Waals surface area contributed by atoms with Crippen LogP contribution in [-0.4, -0.2) is 38.2 Å². The summed E-state index contributed by atoms with van der Waals surface area (Å²) in [6, 6.07) is 6.53. The van der Waals surface area contributed by atoms with Crippen LogP contribution in [0.4, 0.5) is 4.39 Å². The fourth-order valence-electron chi connectivity index (χ4n) is 2.66. The molecular weight excluding hydrogens is 243 g/mol. The van der Waals surface area contributed by atoms with Gasteiger partial charge in [-0.05, 0) is 57.6 Å². The van der Waals surface area contributed by atoms with E-state index in [4.69, 9.17) is 10.5 Å². The first-order valence-electron chi connectivity index (χ1n) is 6.96. The number of para-hydroxylation sites is 1.